The average Bonchev–Trinajstić information content (AvgIpc) is 2.99. The van der Waals surface area contributed by atoms with Gasteiger partial charge in [0.1, 0.15) is 5.82 Å². The van der Waals surface area contributed by atoms with Gasteiger partial charge in [-0.2, -0.15) is 0 Å². The molecule has 2 unspecified atom stereocenters. The van der Waals surface area contributed by atoms with Gasteiger partial charge in [-0.15, -0.1) is 0 Å². The summed E-state index contributed by atoms with van der Waals surface area (Å²) in [6, 6.07) is 15.7. The molecule has 0 bridgehead atoms. The van der Waals surface area contributed by atoms with Gasteiger partial charge in [-0.05, 0) is 66.3 Å². The molecular formula is C37H47F3O. The quantitative estimate of drug-likeness (QED) is 0.167. The van der Waals surface area contributed by atoms with Gasteiger partial charge in [0.05, 0.1) is 12.7 Å². The molecule has 0 saturated carbocycles. The van der Waals surface area contributed by atoms with Gasteiger partial charge < -0.3 is 4.74 Å². The summed E-state index contributed by atoms with van der Waals surface area (Å²) in [7, 11) is 0. The second-order valence-corrected chi connectivity index (χ2v) is 11.8. The number of ether oxygens (including phenoxy) is 1. The minimum Gasteiger partial charge on any atom is -0.373 e. The van der Waals surface area contributed by atoms with Gasteiger partial charge >= 0.3 is 0 Å². The maximum absolute atomic E-state index is 15.2. The largest absolute Gasteiger partial charge is 0.373 e. The minimum absolute atomic E-state index is 0.0602. The molecule has 4 heteroatoms. The lowest BCUT2D eigenvalue weighted by molar-refractivity contribution is -0.0200. The molecule has 1 heterocycles. The van der Waals surface area contributed by atoms with Crippen LogP contribution in [0.1, 0.15) is 115 Å². The van der Waals surface area contributed by atoms with Crippen LogP contribution in [0.4, 0.5) is 13.2 Å². The van der Waals surface area contributed by atoms with Crippen molar-refractivity contribution in [2.24, 2.45) is 5.92 Å². The van der Waals surface area contributed by atoms with E-state index in [4.69, 9.17) is 4.74 Å². The van der Waals surface area contributed by atoms with Crippen molar-refractivity contribution in [1.82, 2.24) is 0 Å². The highest BCUT2D eigenvalue weighted by molar-refractivity contribution is 5.71. The first kappa shape index (κ1) is 31.3. The number of hydrogen-bond acceptors (Lipinski definition) is 1. The Kier molecular flexibility index (Phi) is 12.4. The van der Waals surface area contributed by atoms with Crippen molar-refractivity contribution in [3.8, 4) is 22.3 Å². The molecule has 0 radical (unpaired) electrons. The summed E-state index contributed by atoms with van der Waals surface area (Å²) in [6.45, 7) is 5.16. The van der Waals surface area contributed by atoms with Crippen LogP contribution in [0, 0.1) is 23.4 Å². The summed E-state index contributed by atoms with van der Waals surface area (Å²) in [6.07, 6.45) is 15.5. The Morgan fingerprint density at radius 3 is 1.95 bits per heavy atom. The first-order chi connectivity index (χ1) is 20.0. The van der Waals surface area contributed by atoms with Crippen LogP contribution in [-0.4, -0.2) is 6.61 Å². The summed E-state index contributed by atoms with van der Waals surface area (Å²) in [5, 5.41) is 0. The molecule has 41 heavy (non-hydrogen) atoms. The summed E-state index contributed by atoms with van der Waals surface area (Å²) in [5.41, 5.74) is 3.32. The topological polar surface area (TPSA) is 9.23 Å². The second-order valence-electron chi connectivity index (χ2n) is 11.8. The maximum Gasteiger partial charge on any atom is 0.166 e. The van der Waals surface area contributed by atoms with Crippen molar-refractivity contribution >= 4 is 0 Å². The van der Waals surface area contributed by atoms with E-state index < -0.39 is 11.6 Å². The molecule has 1 aliphatic heterocycles. The fraction of sp³-hybridized carbons (Fsp3) is 0.514. The molecule has 0 aromatic heterocycles. The fourth-order valence-electron chi connectivity index (χ4n) is 6.05. The monoisotopic (exact) mass is 564 g/mol. The molecule has 1 aliphatic rings. The minimum atomic E-state index is -0.811. The van der Waals surface area contributed by atoms with Crippen LogP contribution in [0.25, 0.3) is 22.3 Å². The van der Waals surface area contributed by atoms with E-state index in [1.807, 2.05) is 6.07 Å². The second kappa shape index (κ2) is 16.2. The standard InChI is InChI=1S/C37H47F3O/c1-3-5-7-8-9-10-12-14-30-20-23-33(37(40)36(30)39)29-18-16-28(17-19-29)32-22-21-31(25-34(32)38)35-24-15-27(26-41-35)13-11-6-4-2/h16-23,25,27,35H,3-15,24,26H2,1-2H3. The van der Waals surface area contributed by atoms with Gasteiger partial charge in [0.25, 0.3) is 0 Å². The predicted molar refractivity (Wildman–Crippen MR) is 164 cm³/mol. The smallest absolute Gasteiger partial charge is 0.166 e. The zero-order valence-electron chi connectivity index (χ0n) is 25.0. The van der Waals surface area contributed by atoms with Crippen molar-refractivity contribution < 1.29 is 17.9 Å². The van der Waals surface area contributed by atoms with Gasteiger partial charge in [0, 0.05) is 11.1 Å². The highest BCUT2D eigenvalue weighted by Gasteiger charge is 2.23. The van der Waals surface area contributed by atoms with Crippen LogP contribution >= 0.6 is 0 Å². The highest BCUT2D eigenvalue weighted by Crippen LogP contribution is 2.35. The molecule has 0 aliphatic carbocycles. The molecule has 0 amide bonds. The van der Waals surface area contributed by atoms with Crippen LogP contribution in [0.15, 0.2) is 54.6 Å². The number of unbranched alkanes of at least 4 members (excludes halogenated alkanes) is 8. The van der Waals surface area contributed by atoms with Crippen molar-refractivity contribution in [1.29, 1.82) is 0 Å². The van der Waals surface area contributed by atoms with E-state index in [1.165, 1.54) is 51.4 Å². The van der Waals surface area contributed by atoms with Gasteiger partial charge in [-0.3, -0.25) is 0 Å². The lowest BCUT2D eigenvalue weighted by Gasteiger charge is -2.29. The van der Waals surface area contributed by atoms with Crippen molar-refractivity contribution in [2.45, 2.75) is 110 Å². The van der Waals surface area contributed by atoms with E-state index in [-0.39, 0.29) is 17.5 Å². The van der Waals surface area contributed by atoms with Crippen LogP contribution in [-0.2, 0) is 11.2 Å². The molecule has 1 nitrogen and oxygen atoms in total. The molecule has 1 saturated heterocycles. The Morgan fingerprint density at radius 1 is 0.659 bits per heavy atom. The average molecular weight is 565 g/mol. The number of aryl methyl sites for hydroxylation is 1. The van der Waals surface area contributed by atoms with Crippen LogP contribution in [0.3, 0.4) is 0 Å². The van der Waals surface area contributed by atoms with Gasteiger partial charge in [0.15, 0.2) is 11.6 Å². The Labute approximate surface area is 245 Å². The highest BCUT2D eigenvalue weighted by atomic mass is 19.2. The van der Waals surface area contributed by atoms with Crippen LogP contribution in [0.5, 0.6) is 0 Å². The number of halogens is 3. The van der Waals surface area contributed by atoms with Crippen LogP contribution in [0.2, 0.25) is 0 Å². The Morgan fingerprint density at radius 2 is 1.29 bits per heavy atom. The summed E-state index contributed by atoms with van der Waals surface area (Å²) >= 11 is 0. The normalized spacial score (nSPS) is 17.2. The molecule has 0 spiro atoms. The van der Waals surface area contributed by atoms with E-state index in [2.05, 4.69) is 13.8 Å². The van der Waals surface area contributed by atoms with E-state index >= 15 is 8.78 Å². The summed E-state index contributed by atoms with van der Waals surface area (Å²) in [5.74, 6) is -1.25. The van der Waals surface area contributed by atoms with Crippen molar-refractivity contribution in [3.05, 3.63) is 83.2 Å². The van der Waals surface area contributed by atoms with E-state index in [0.717, 1.165) is 44.3 Å². The molecular weight excluding hydrogens is 517 g/mol. The molecule has 0 N–H and O–H groups in total. The zero-order chi connectivity index (χ0) is 29.0. The third-order valence-electron chi connectivity index (χ3n) is 8.67. The van der Waals surface area contributed by atoms with Crippen molar-refractivity contribution in [3.63, 3.8) is 0 Å². The molecule has 2 atom stereocenters. The van der Waals surface area contributed by atoms with E-state index in [0.29, 0.717) is 34.6 Å². The molecule has 4 rings (SSSR count). The number of rotatable bonds is 15. The third-order valence-corrected chi connectivity index (χ3v) is 8.67. The van der Waals surface area contributed by atoms with Gasteiger partial charge in [0.2, 0.25) is 0 Å². The SMILES string of the molecule is CCCCCCCCCc1ccc(-c2ccc(-c3ccc(C4CCC(CCCCC)CO4)cc3F)cc2)c(F)c1F. The number of hydrogen-bond donors (Lipinski definition) is 0. The van der Waals surface area contributed by atoms with Crippen LogP contribution < -0.4 is 0 Å². The molecule has 3 aromatic carbocycles. The fourth-order valence-corrected chi connectivity index (χ4v) is 6.05. The van der Waals surface area contributed by atoms with Gasteiger partial charge in [-0.1, -0.05) is 120 Å². The molecule has 1 fully saturated rings. The first-order valence-corrected chi connectivity index (χ1v) is 16.0. The zero-order valence-corrected chi connectivity index (χ0v) is 25.0. The number of benzene rings is 3. The van der Waals surface area contributed by atoms with E-state index in [9.17, 15) is 4.39 Å². The Bertz CT molecular complexity index is 1210. The Hall–Kier alpha value is -2.59. The maximum atomic E-state index is 15.2. The lowest BCUT2D eigenvalue weighted by atomic mass is 9.90. The van der Waals surface area contributed by atoms with Crippen molar-refractivity contribution in [2.75, 3.05) is 6.61 Å². The predicted octanol–water partition coefficient (Wildman–Crippen LogP) is 11.8. The Balaban J connectivity index is 1.35. The third kappa shape index (κ3) is 8.70. The van der Waals surface area contributed by atoms with Gasteiger partial charge in [-0.25, -0.2) is 13.2 Å². The molecule has 3 aromatic rings. The molecule has 222 valence electrons. The lowest BCUT2D eigenvalue weighted by Crippen LogP contribution is -2.20. The first-order valence-electron chi connectivity index (χ1n) is 16.0. The summed E-state index contributed by atoms with van der Waals surface area (Å²) in [4.78, 5) is 0. The summed E-state index contributed by atoms with van der Waals surface area (Å²) < 4.78 is 51.2. The van der Waals surface area contributed by atoms with E-state index in [1.54, 1.807) is 48.5 Å².